The number of hydrogen-bond donors (Lipinski definition) is 0. The molecule has 3 rings (SSSR count). The summed E-state index contributed by atoms with van der Waals surface area (Å²) in [7, 11) is 0. The first-order valence-electron chi connectivity index (χ1n) is 6.17. The Morgan fingerprint density at radius 1 is 1.06 bits per heavy atom. The maximum Gasteiger partial charge on any atom is 0.225 e. The highest BCUT2D eigenvalue weighted by atomic mass is 35.5. The van der Waals surface area contributed by atoms with Crippen molar-refractivity contribution in [2.24, 2.45) is 0 Å². The quantitative estimate of drug-likeness (QED) is 0.828. The van der Waals surface area contributed by atoms with E-state index in [-0.39, 0.29) is 0 Å². The van der Waals surface area contributed by atoms with E-state index in [0.29, 0.717) is 0 Å². The number of nitrogens with zero attached hydrogens (tertiary/aromatic N) is 3. The largest absolute Gasteiger partial charge is 0.341 e. The number of aromatic nitrogens is 2. The third-order valence-electron chi connectivity index (χ3n) is 3.18. The van der Waals surface area contributed by atoms with Crippen LogP contribution in [0.2, 0.25) is 5.02 Å². The summed E-state index contributed by atoms with van der Waals surface area (Å²) in [5.41, 5.74) is 1.85. The smallest absolute Gasteiger partial charge is 0.225 e. The van der Waals surface area contributed by atoms with Crippen molar-refractivity contribution in [2.75, 3.05) is 18.0 Å². The van der Waals surface area contributed by atoms with Crippen LogP contribution in [0.4, 0.5) is 5.95 Å². The molecule has 0 aliphatic carbocycles. The summed E-state index contributed by atoms with van der Waals surface area (Å²) in [6.45, 7) is 2.10. The first-order chi connectivity index (χ1) is 8.84. The van der Waals surface area contributed by atoms with Gasteiger partial charge in [-0.15, -0.1) is 0 Å². The molecule has 18 heavy (non-hydrogen) atoms. The zero-order valence-electron chi connectivity index (χ0n) is 10.0. The van der Waals surface area contributed by atoms with E-state index in [0.717, 1.165) is 35.3 Å². The number of halogens is 1. The van der Waals surface area contributed by atoms with Gasteiger partial charge in [-0.05, 0) is 25.0 Å². The minimum atomic E-state index is 0.726. The van der Waals surface area contributed by atoms with Gasteiger partial charge < -0.3 is 4.90 Å². The van der Waals surface area contributed by atoms with Crippen LogP contribution in [0.5, 0.6) is 0 Å². The fourth-order valence-electron chi connectivity index (χ4n) is 2.24. The molecule has 92 valence electrons. The summed E-state index contributed by atoms with van der Waals surface area (Å²) in [5.74, 6) is 0.810. The molecule has 1 aliphatic heterocycles. The number of hydrogen-bond acceptors (Lipinski definition) is 3. The molecular formula is C14H14ClN3. The molecule has 1 aromatic carbocycles. The minimum absolute atomic E-state index is 0.726. The second-order valence-electron chi connectivity index (χ2n) is 4.42. The summed E-state index contributed by atoms with van der Waals surface area (Å²) in [5, 5.41) is 0.726. The SMILES string of the molecule is Clc1ccccc1-c1ccnc(N2CCCC2)n1. The second-order valence-corrected chi connectivity index (χ2v) is 4.82. The van der Waals surface area contributed by atoms with Crippen LogP contribution in [0.3, 0.4) is 0 Å². The van der Waals surface area contributed by atoms with E-state index in [1.165, 1.54) is 12.8 Å². The monoisotopic (exact) mass is 259 g/mol. The number of anilines is 1. The molecule has 1 aromatic heterocycles. The van der Waals surface area contributed by atoms with Crippen molar-refractivity contribution in [3.63, 3.8) is 0 Å². The van der Waals surface area contributed by atoms with Gasteiger partial charge in [0, 0.05) is 29.9 Å². The standard InChI is InChI=1S/C14H14ClN3/c15-12-6-2-1-5-11(12)13-7-8-16-14(17-13)18-9-3-4-10-18/h1-2,5-8H,3-4,9-10H2. The van der Waals surface area contributed by atoms with E-state index < -0.39 is 0 Å². The Kier molecular flexibility index (Phi) is 3.15. The molecule has 2 aromatic rings. The van der Waals surface area contributed by atoms with Crippen LogP contribution in [-0.4, -0.2) is 23.1 Å². The van der Waals surface area contributed by atoms with Crippen LogP contribution in [0.15, 0.2) is 36.5 Å². The lowest BCUT2D eigenvalue weighted by Gasteiger charge is -2.15. The van der Waals surface area contributed by atoms with E-state index in [9.17, 15) is 0 Å². The third-order valence-corrected chi connectivity index (χ3v) is 3.51. The molecule has 0 saturated carbocycles. The molecule has 0 spiro atoms. The summed E-state index contributed by atoms with van der Waals surface area (Å²) in [6, 6.07) is 9.67. The Morgan fingerprint density at radius 2 is 1.83 bits per heavy atom. The fraction of sp³-hybridized carbons (Fsp3) is 0.286. The van der Waals surface area contributed by atoms with Crippen molar-refractivity contribution in [3.8, 4) is 11.3 Å². The maximum absolute atomic E-state index is 6.20. The second kappa shape index (κ2) is 4.94. The number of rotatable bonds is 2. The van der Waals surface area contributed by atoms with Gasteiger partial charge in [0.1, 0.15) is 0 Å². The van der Waals surface area contributed by atoms with E-state index in [1.54, 1.807) is 6.20 Å². The van der Waals surface area contributed by atoms with Gasteiger partial charge in [0.2, 0.25) is 5.95 Å². The lowest BCUT2D eigenvalue weighted by Crippen LogP contribution is -2.20. The summed E-state index contributed by atoms with van der Waals surface area (Å²) < 4.78 is 0. The molecule has 2 heterocycles. The first kappa shape index (κ1) is 11.5. The van der Waals surface area contributed by atoms with Crippen molar-refractivity contribution in [2.45, 2.75) is 12.8 Å². The van der Waals surface area contributed by atoms with Gasteiger partial charge in [-0.2, -0.15) is 0 Å². The fourth-order valence-corrected chi connectivity index (χ4v) is 2.47. The van der Waals surface area contributed by atoms with Crippen molar-refractivity contribution in [1.82, 2.24) is 9.97 Å². The van der Waals surface area contributed by atoms with E-state index in [1.807, 2.05) is 30.3 Å². The lowest BCUT2D eigenvalue weighted by molar-refractivity contribution is 0.900. The third kappa shape index (κ3) is 2.18. The Morgan fingerprint density at radius 3 is 2.61 bits per heavy atom. The molecular weight excluding hydrogens is 246 g/mol. The van der Waals surface area contributed by atoms with Gasteiger partial charge in [-0.1, -0.05) is 29.8 Å². The molecule has 0 unspecified atom stereocenters. The maximum atomic E-state index is 6.20. The number of benzene rings is 1. The van der Waals surface area contributed by atoms with Crippen LogP contribution < -0.4 is 4.90 Å². The van der Waals surface area contributed by atoms with Crippen LogP contribution >= 0.6 is 11.6 Å². The van der Waals surface area contributed by atoms with Crippen LogP contribution in [0, 0.1) is 0 Å². The van der Waals surface area contributed by atoms with Crippen molar-refractivity contribution in [1.29, 1.82) is 0 Å². The highest BCUT2D eigenvalue weighted by Crippen LogP contribution is 2.27. The van der Waals surface area contributed by atoms with Crippen molar-refractivity contribution in [3.05, 3.63) is 41.6 Å². The topological polar surface area (TPSA) is 29.0 Å². The molecule has 0 atom stereocenters. The van der Waals surface area contributed by atoms with Gasteiger partial charge in [-0.3, -0.25) is 0 Å². The van der Waals surface area contributed by atoms with E-state index >= 15 is 0 Å². The average molecular weight is 260 g/mol. The molecule has 1 aliphatic rings. The molecule has 0 radical (unpaired) electrons. The minimum Gasteiger partial charge on any atom is -0.341 e. The highest BCUT2D eigenvalue weighted by Gasteiger charge is 2.15. The predicted octanol–water partition coefficient (Wildman–Crippen LogP) is 3.40. The van der Waals surface area contributed by atoms with Gasteiger partial charge >= 0.3 is 0 Å². The lowest BCUT2D eigenvalue weighted by atomic mass is 10.1. The Labute approximate surface area is 111 Å². The van der Waals surface area contributed by atoms with Crippen LogP contribution in [0.25, 0.3) is 11.3 Å². The normalized spacial score (nSPS) is 15.1. The molecule has 0 bridgehead atoms. The molecule has 1 saturated heterocycles. The van der Waals surface area contributed by atoms with E-state index in [2.05, 4.69) is 14.9 Å². The first-order valence-corrected chi connectivity index (χ1v) is 6.55. The average Bonchev–Trinajstić information content (AvgIpc) is 2.93. The molecule has 1 fully saturated rings. The Hall–Kier alpha value is -1.61. The van der Waals surface area contributed by atoms with Crippen LogP contribution in [0.1, 0.15) is 12.8 Å². The molecule has 0 amide bonds. The summed E-state index contributed by atoms with van der Waals surface area (Å²) in [4.78, 5) is 11.2. The zero-order valence-corrected chi connectivity index (χ0v) is 10.8. The highest BCUT2D eigenvalue weighted by molar-refractivity contribution is 6.33. The molecule has 4 heteroatoms. The van der Waals surface area contributed by atoms with Crippen molar-refractivity contribution >= 4 is 17.5 Å². The Balaban J connectivity index is 1.98. The molecule has 0 N–H and O–H groups in total. The Bertz CT molecular complexity index is 550. The van der Waals surface area contributed by atoms with Gasteiger partial charge in [0.05, 0.1) is 5.69 Å². The molecule has 3 nitrogen and oxygen atoms in total. The van der Waals surface area contributed by atoms with Gasteiger partial charge in [-0.25, -0.2) is 9.97 Å². The zero-order chi connectivity index (χ0) is 12.4. The summed E-state index contributed by atoms with van der Waals surface area (Å²) >= 11 is 6.20. The van der Waals surface area contributed by atoms with Gasteiger partial charge in [0.15, 0.2) is 0 Å². The van der Waals surface area contributed by atoms with Crippen molar-refractivity contribution < 1.29 is 0 Å². The summed E-state index contributed by atoms with van der Waals surface area (Å²) in [6.07, 6.45) is 4.25. The van der Waals surface area contributed by atoms with Crippen LogP contribution in [-0.2, 0) is 0 Å². The van der Waals surface area contributed by atoms with E-state index in [4.69, 9.17) is 11.6 Å². The van der Waals surface area contributed by atoms with Gasteiger partial charge in [0.25, 0.3) is 0 Å². The predicted molar refractivity (Wildman–Crippen MR) is 73.9 cm³/mol.